The third-order valence-electron chi connectivity index (χ3n) is 4.12. The first-order valence-corrected chi connectivity index (χ1v) is 9.35. The molecule has 29 heavy (non-hydrogen) atoms. The monoisotopic (exact) mass is 412 g/mol. The van der Waals surface area contributed by atoms with Gasteiger partial charge in [-0.15, -0.1) is 0 Å². The number of hydrogen-bond acceptors (Lipinski definition) is 9. The van der Waals surface area contributed by atoms with E-state index in [1.807, 2.05) is 0 Å². The molecule has 0 aliphatic carbocycles. The smallest absolute Gasteiger partial charge is 0.408 e. The number of hydrogen-bond donors (Lipinski definition) is 3. The van der Waals surface area contributed by atoms with Crippen molar-refractivity contribution in [3.05, 3.63) is 22.7 Å². The van der Waals surface area contributed by atoms with Crippen molar-refractivity contribution >= 4 is 17.9 Å². The van der Waals surface area contributed by atoms with Crippen LogP contribution >= 0.6 is 0 Å². The molecule has 11 nitrogen and oxygen atoms in total. The number of nitrogens with two attached hydrogens (primary N) is 1. The van der Waals surface area contributed by atoms with Crippen LogP contribution in [0.25, 0.3) is 0 Å². The van der Waals surface area contributed by atoms with Gasteiger partial charge in [0.2, 0.25) is 0 Å². The molecule has 0 radical (unpaired) electrons. The summed E-state index contributed by atoms with van der Waals surface area (Å²) in [5, 5.41) is 13.3. The lowest BCUT2D eigenvalue weighted by Gasteiger charge is -2.25. The predicted octanol–water partition coefficient (Wildman–Crippen LogP) is 0.320. The number of rotatable bonds is 6. The van der Waals surface area contributed by atoms with E-state index in [0.29, 0.717) is 0 Å². The van der Waals surface area contributed by atoms with Gasteiger partial charge >= 0.3 is 17.8 Å². The zero-order valence-corrected chi connectivity index (χ0v) is 17.0. The van der Waals surface area contributed by atoms with Crippen LogP contribution in [-0.2, 0) is 19.0 Å². The molecule has 1 aromatic rings. The van der Waals surface area contributed by atoms with Crippen molar-refractivity contribution in [3.8, 4) is 0 Å². The molecule has 162 valence electrons. The summed E-state index contributed by atoms with van der Waals surface area (Å²) in [6, 6.07) is 0.466. The predicted molar refractivity (Wildman–Crippen MR) is 102 cm³/mol. The molecule has 1 amide bonds. The summed E-state index contributed by atoms with van der Waals surface area (Å²) in [5.74, 6) is -0.405. The Morgan fingerprint density at radius 3 is 2.69 bits per heavy atom. The number of carbonyl (C=O) groups excluding carboxylic acids is 2. The summed E-state index contributed by atoms with van der Waals surface area (Å²) in [7, 11) is 0. The summed E-state index contributed by atoms with van der Waals surface area (Å²) in [5.41, 5.74) is 4.04. The molecule has 0 aromatic carbocycles. The van der Waals surface area contributed by atoms with Crippen LogP contribution in [0.3, 0.4) is 0 Å². The van der Waals surface area contributed by atoms with Crippen LogP contribution in [0.1, 0.15) is 46.8 Å². The first-order chi connectivity index (χ1) is 13.5. The molecule has 11 heteroatoms. The normalized spacial score (nSPS) is 24.2. The molecule has 1 saturated heterocycles. The Hall–Kier alpha value is -2.66. The number of aromatic nitrogens is 2. The molecule has 0 bridgehead atoms. The average molecular weight is 412 g/mol. The molecule has 1 aromatic heterocycles. The Morgan fingerprint density at radius 1 is 1.41 bits per heavy atom. The maximum absolute atomic E-state index is 12.2. The summed E-state index contributed by atoms with van der Waals surface area (Å²) < 4.78 is 17.0. The molecule has 1 fully saturated rings. The van der Waals surface area contributed by atoms with Crippen LogP contribution in [0.5, 0.6) is 0 Å². The lowest BCUT2D eigenvalue weighted by Crippen LogP contribution is -2.49. The third kappa shape index (κ3) is 6.16. The Bertz CT molecular complexity index is 789. The number of nitrogens with zero attached hydrogens (tertiary/aromatic N) is 2. The van der Waals surface area contributed by atoms with E-state index in [2.05, 4.69) is 10.3 Å². The van der Waals surface area contributed by atoms with E-state index < -0.39 is 47.8 Å². The fourth-order valence-electron chi connectivity index (χ4n) is 2.95. The SMILES string of the molecule is CCOC(=O)CC[C@H]1O[C@@H](n2ccc(N)nc2=O)[C@H](O)[C@@H]1NC(=O)OC(C)(C)C. The molecule has 1 aliphatic heterocycles. The van der Waals surface area contributed by atoms with E-state index in [4.69, 9.17) is 19.9 Å². The number of anilines is 1. The highest BCUT2D eigenvalue weighted by atomic mass is 16.6. The second kappa shape index (κ2) is 9.23. The number of aliphatic hydroxyl groups is 1. The van der Waals surface area contributed by atoms with Crippen molar-refractivity contribution in [1.82, 2.24) is 14.9 Å². The Kier molecular flexibility index (Phi) is 7.20. The molecule has 4 N–H and O–H groups in total. The summed E-state index contributed by atoms with van der Waals surface area (Å²) in [6.07, 6.45) is -2.42. The van der Waals surface area contributed by atoms with Crippen molar-refractivity contribution in [2.24, 2.45) is 0 Å². The van der Waals surface area contributed by atoms with Gasteiger partial charge < -0.3 is 30.4 Å². The Morgan fingerprint density at radius 2 is 2.10 bits per heavy atom. The fourth-order valence-corrected chi connectivity index (χ4v) is 2.95. The van der Waals surface area contributed by atoms with Crippen molar-refractivity contribution < 1.29 is 28.9 Å². The minimum absolute atomic E-state index is 0.0132. The first kappa shape index (κ1) is 22.6. The number of esters is 1. The second-order valence-corrected chi connectivity index (χ2v) is 7.61. The van der Waals surface area contributed by atoms with Crippen molar-refractivity contribution in [3.63, 3.8) is 0 Å². The quantitative estimate of drug-likeness (QED) is 0.560. The maximum Gasteiger partial charge on any atom is 0.408 e. The topological polar surface area (TPSA) is 155 Å². The molecule has 2 rings (SSSR count). The molecule has 0 unspecified atom stereocenters. The highest BCUT2D eigenvalue weighted by Crippen LogP contribution is 2.31. The minimum Gasteiger partial charge on any atom is -0.466 e. The van der Waals surface area contributed by atoms with Crippen LogP contribution in [0.15, 0.2) is 17.1 Å². The molecule has 0 saturated carbocycles. The fraction of sp³-hybridized carbons (Fsp3) is 0.667. The minimum atomic E-state index is -1.29. The van der Waals surface area contributed by atoms with Crippen molar-refractivity contribution in [2.75, 3.05) is 12.3 Å². The number of alkyl carbamates (subject to hydrolysis) is 1. The number of nitrogens with one attached hydrogen (secondary N) is 1. The molecule has 2 heterocycles. The number of amides is 1. The van der Waals surface area contributed by atoms with E-state index in [1.165, 1.54) is 12.3 Å². The molecular formula is C18H28N4O7. The lowest BCUT2D eigenvalue weighted by atomic mass is 10.0. The van der Waals surface area contributed by atoms with Crippen LogP contribution < -0.4 is 16.7 Å². The molecule has 4 atom stereocenters. The summed E-state index contributed by atoms with van der Waals surface area (Å²) in [6.45, 7) is 7.04. The number of aliphatic hydroxyl groups excluding tert-OH is 1. The van der Waals surface area contributed by atoms with Gasteiger partial charge in [-0.05, 0) is 40.2 Å². The highest BCUT2D eigenvalue weighted by Gasteiger charge is 2.46. The Labute approximate surface area is 168 Å². The highest BCUT2D eigenvalue weighted by molar-refractivity contribution is 5.69. The van der Waals surface area contributed by atoms with Gasteiger partial charge in [0.05, 0.1) is 18.8 Å². The van der Waals surface area contributed by atoms with Gasteiger partial charge in [-0.2, -0.15) is 4.98 Å². The van der Waals surface area contributed by atoms with Gasteiger partial charge in [0, 0.05) is 12.6 Å². The van der Waals surface area contributed by atoms with Gasteiger partial charge in [-0.3, -0.25) is 9.36 Å². The van der Waals surface area contributed by atoms with Gasteiger partial charge in [-0.1, -0.05) is 0 Å². The first-order valence-electron chi connectivity index (χ1n) is 9.35. The zero-order valence-electron chi connectivity index (χ0n) is 17.0. The Balaban J connectivity index is 2.21. The average Bonchev–Trinajstić information content (AvgIpc) is 2.88. The summed E-state index contributed by atoms with van der Waals surface area (Å²) in [4.78, 5) is 39.7. The van der Waals surface area contributed by atoms with Gasteiger partial charge in [-0.25, -0.2) is 9.59 Å². The molecule has 1 aliphatic rings. The van der Waals surface area contributed by atoms with Crippen LogP contribution in [0.2, 0.25) is 0 Å². The third-order valence-corrected chi connectivity index (χ3v) is 4.12. The van der Waals surface area contributed by atoms with E-state index >= 15 is 0 Å². The van der Waals surface area contributed by atoms with Crippen LogP contribution in [0.4, 0.5) is 10.6 Å². The second-order valence-electron chi connectivity index (χ2n) is 7.61. The largest absolute Gasteiger partial charge is 0.466 e. The standard InChI is InChI=1S/C18H28N4O7/c1-5-27-12(23)7-6-10-13(21-17(26)29-18(2,3)4)14(24)15(28-10)22-9-8-11(19)20-16(22)25/h8-10,13-15,24H,5-7H2,1-4H3,(H,21,26)(H2,19,20,25)/t10-,13-,14-,15-/m1/s1. The van der Waals surface area contributed by atoms with E-state index in [9.17, 15) is 19.5 Å². The molecular weight excluding hydrogens is 384 g/mol. The lowest BCUT2D eigenvalue weighted by molar-refractivity contribution is -0.144. The number of carbonyl (C=O) groups is 2. The van der Waals surface area contributed by atoms with Gasteiger partial charge in [0.25, 0.3) is 0 Å². The van der Waals surface area contributed by atoms with E-state index in [1.54, 1.807) is 27.7 Å². The van der Waals surface area contributed by atoms with Crippen molar-refractivity contribution in [1.29, 1.82) is 0 Å². The van der Waals surface area contributed by atoms with Gasteiger partial charge in [0.1, 0.15) is 17.5 Å². The summed E-state index contributed by atoms with van der Waals surface area (Å²) >= 11 is 0. The number of ether oxygens (including phenoxy) is 3. The van der Waals surface area contributed by atoms with Gasteiger partial charge in [0.15, 0.2) is 6.23 Å². The van der Waals surface area contributed by atoms with E-state index in [-0.39, 0.29) is 25.3 Å². The van der Waals surface area contributed by atoms with Crippen LogP contribution in [0, 0.1) is 0 Å². The maximum atomic E-state index is 12.2. The number of nitrogen functional groups attached to an aromatic ring is 1. The molecule has 0 spiro atoms. The van der Waals surface area contributed by atoms with E-state index in [0.717, 1.165) is 4.57 Å². The zero-order chi connectivity index (χ0) is 21.8. The van der Waals surface area contributed by atoms with Crippen molar-refractivity contribution in [2.45, 2.75) is 70.6 Å². The van der Waals surface area contributed by atoms with Crippen LogP contribution in [-0.4, -0.2) is 57.2 Å².